The lowest BCUT2D eigenvalue weighted by Crippen LogP contribution is -2.37. The summed E-state index contributed by atoms with van der Waals surface area (Å²) >= 11 is 0. The molecule has 2 aliphatic heterocycles. The Hall–Kier alpha value is -3.12. The van der Waals surface area contributed by atoms with Crippen molar-refractivity contribution in [2.45, 2.75) is 37.1 Å². The van der Waals surface area contributed by atoms with Crippen LogP contribution in [-0.4, -0.2) is 42.7 Å². The van der Waals surface area contributed by atoms with E-state index in [9.17, 15) is 25.7 Å². The third kappa shape index (κ3) is 2.04. The summed E-state index contributed by atoms with van der Waals surface area (Å²) in [6.07, 6.45) is 0.979. The Morgan fingerprint density at radius 3 is 2.76 bits per heavy atom. The Balaban J connectivity index is 1.84. The molecule has 148 valence electrons. The van der Waals surface area contributed by atoms with Gasteiger partial charge in [0.2, 0.25) is 11.8 Å². The van der Waals surface area contributed by atoms with Crippen LogP contribution in [0, 0.1) is 11.3 Å². The molecule has 29 heavy (non-hydrogen) atoms. The van der Waals surface area contributed by atoms with Gasteiger partial charge in [0.15, 0.2) is 0 Å². The predicted molar refractivity (Wildman–Crippen MR) is 102 cm³/mol. The summed E-state index contributed by atoms with van der Waals surface area (Å²) in [7, 11) is 0. The van der Waals surface area contributed by atoms with Crippen molar-refractivity contribution < 1.29 is 25.2 Å². The van der Waals surface area contributed by atoms with Gasteiger partial charge in [-0.3, -0.25) is 9.55 Å². The second-order valence-corrected chi connectivity index (χ2v) is 7.79. The first-order valence-electron chi connectivity index (χ1n) is 9.33. The molecule has 2 aliphatic rings. The Morgan fingerprint density at radius 2 is 2.03 bits per heavy atom. The summed E-state index contributed by atoms with van der Waals surface area (Å²) in [5.74, 6) is -0.454. The molecule has 4 heterocycles. The van der Waals surface area contributed by atoms with Crippen LogP contribution in [0.5, 0.6) is 11.8 Å². The van der Waals surface area contributed by atoms with E-state index in [1.165, 1.54) is 4.57 Å². The quantitative estimate of drug-likeness (QED) is 0.534. The number of hydrogen-bond donors (Lipinski definition) is 4. The number of ether oxygens (including phenoxy) is 1. The summed E-state index contributed by atoms with van der Waals surface area (Å²) in [4.78, 5) is 4.28. The topological polar surface area (TPSA) is 132 Å². The van der Waals surface area contributed by atoms with E-state index in [2.05, 4.69) is 11.1 Å². The molecule has 1 fully saturated rings. The van der Waals surface area contributed by atoms with Crippen molar-refractivity contribution >= 4 is 10.9 Å². The maximum atomic E-state index is 11.2. The highest BCUT2D eigenvalue weighted by Crippen LogP contribution is 2.65. The number of rotatable bonds is 3. The molecule has 4 N–H and O–H groups in total. The number of nitrogens with zero attached hydrogens (tertiary/aromatic N) is 3. The average molecular weight is 393 g/mol. The average Bonchev–Trinajstić information content (AvgIpc) is 3.23. The number of hydrogen-bond acceptors (Lipinski definition) is 7. The summed E-state index contributed by atoms with van der Waals surface area (Å²) < 4.78 is 7.38. The van der Waals surface area contributed by atoms with Crippen LogP contribution in [0.2, 0.25) is 0 Å². The van der Waals surface area contributed by atoms with Gasteiger partial charge in [-0.05, 0) is 31.2 Å². The van der Waals surface area contributed by atoms with Crippen LogP contribution in [0.15, 0.2) is 30.5 Å². The number of aliphatic hydroxyl groups excluding tert-OH is 2. The highest BCUT2D eigenvalue weighted by molar-refractivity contribution is 5.92. The number of fused-ring (bicyclic) bond motifs is 6. The number of benzene rings is 1. The fourth-order valence-electron chi connectivity index (χ4n) is 5.05. The molecule has 1 aromatic carbocycles. The van der Waals surface area contributed by atoms with E-state index in [0.29, 0.717) is 33.3 Å². The first kappa shape index (κ1) is 17.9. The van der Waals surface area contributed by atoms with Crippen molar-refractivity contribution in [2.24, 2.45) is 0 Å². The molecule has 0 saturated carbocycles. The van der Waals surface area contributed by atoms with Crippen molar-refractivity contribution in [3.63, 3.8) is 0 Å². The maximum absolute atomic E-state index is 11.2. The molecular weight excluding hydrogens is 374 g/mol. The van der Waals surface area contributed by atoms with Gasteiger partial charge in [-0.1, -0.05) is 0 Å². The van der Waals surface area contributed by atoms with Gasteiger partial charge in [-0.15, -0.1) is 0 Å². The first-order valence-corrected chi connectivity index (χ1v) is 9.33. The van der Waals surface area contributed by atoms with Crippen molar-refractivity contribution in [1.82, 2.24) is 9.55 Å². The molecule has 1 unspecified atom stereocenters. The molecule has 0 aliphatic carbocycles. The molecule has 8 nitrogen and oxygen atoms in total. The maximum Gasteiger partial charge on any atom is 0.205 e. The van der Waals surface area contributed by atoms with Crippen LogP contribution < -0.4 is 0 Å². The number of aromatic hydroxyl groups is 2. The Labute approximate surface area is 165 Å². The summed E-state index contributed by atoms with van der Waals surface area (Å²) in [5.41, 5.74) is -0.278. The molecule has 3 atom stereocenters. The van der Waals surface area contributed by atoms with Crippen LogP contribution in [0.4, 0.5) is 0 Å². The number of aliphatic hydroxyl groups is 2. The minimum Gasteiger partial charge on any atom is -0.494 e. The summed E-state index contributed by atoms with van der Waals surface area (Å²) in [6, 6.07) is 8.79. The summed E-state index contributed by atoms with van der Waals surface area (Å²) in [6.45, 7) is 1.50. The van der Waals surface area contributed by atoms with Crippen LogP contribution in [0.1, 0.15) is 36.5 Å². The van der Waals surface area contributed by atoms with E-state index in [4.69, 9.17) is 4.74 Å². The van der Waals surface area contributed by atoms with Gasteiger partial charge in [0.05, 0.1) is 39.6 Å². The molecule has 1 saturated heterocycles. The van der Waals surface area contributed by atoms with Gasteiger partial charge in [0, 0.05) is 31.0 Å². The Bertz CT molecular complexity index is 1210. The van der Waals surface area contributed by atoms with Crippen molar-refractivity contribution in [2.75, 3.05) is 6.61 Å². The third-order valence-electron chi connectivity index (χ3n) is 6.19. The molecule has 3 aromatic rings. The Kier molecular flexibility index (Phi) is 3.53. The van der Waals surface area contributed by atoms with Crippen LogP contribution in [-0.2, 0) is 15.9 Å². The van der Waals surface area contributed by atoms with Gasteiger partial charge in [0.1, 0.15) is 11.7 Å². The van der Waals surface area contributed by atoms with Gasteiger partial charge < -0.3 is 25.2 Å². The second-order valence-electron chi connectivity index (χ2n) is 7.79. The second kappa shape index (κ2) is 5.70. The molecule has 5 rings (SSSR count). The SMILES string of the molecule is CC12C[C@H](O)[C@](CCO)(O1)c1c2c(O)n(-c2ccc(C#N)c3ncccc23)c1O. The fraction of sp³-hybridized carbons (Fsp3) is 0.333. The normalized spacial score (nSPS) is 27.3. The van der Waals surface area contributed by atoms with E-state index >= 15 is 0 Å². The molecule has 0 spiro atoms. The predicted octanol–water partition coefficient (Wildman–Crippen LogP) is 1.90. The summed E-state index contributed by atoms with van der Waals surface area (Å²) in [5, 5.41) is 52.5. The lowest BCUT2D eigenvalue weighted by Gasteiger charge is -2.29. The van der Waals surface area contributed by atoms with E-state index < -0.39 is 17.3 Å². The van der Waals surface area contributed by atoms with Crippen molar-refractivity contribution in [1.29, 1.82) is 5.26 Å². The Morgan fingerprint density at radius 1 is 1.28 bits per heavy atom. The first-order chi connectivity index (χ1) is 13.9. The zero-order valence-electron chi connectivity index (χ0n) is 15.6. The third-order valence-corrected chi connectivity index (χ3v) is 6.19. The molecule has 0 radical (unpaired) electrons. The van der Waals surface area contributed by atoms with Gasteiger partial charge >= 0.3 is 0 Å². The highest BCUT2D eigenvalue weighted by Gasteiger charge is 2.66. The monoisotopic (exact) mass is 393 g/mol. The zero-order chi connectivity index (χ0) is 20.6. The molecule has 2 bridgehead atoms. The minimum atomic E-state index is -1.29. The van der Waals surface area contributed by atoms with E-state index in [0.717, 1.165) is 0 Å². The number of nitriles is 1. The largest absolute Gasteiger partial charge is 0.494 e. The highest BCUT2D eigenvalue weighted by atomic mass is 16.6. The zero-order valence-corrected chi connectivity index (χ0v) is 15.6. The minimum absolute atomic E-state index is 0.0867. The van der Waals surface area contributed by atoms with Gasteiger partial charge in [-0.25, -0.2) is 0 Å². The van der Waals surface area contributed by atoms with Crippen LogP contribution in [0.25, 0.3) is 16.6 Å². The van der Waals surface area contributed by atoms with Crippen LogP contribution in [0.3, 0.4) is 0 Å². The van der Waals surface area contributed by atoms with E-state index in [-0.39, 0.29) is 31.2 Å². The van der Waals surface area contributed by atoms with Crippen molar-refractivity contribution in [3.8, 4) is 23.5 Å². The lowest BCUT2D eigenvalue weighted by atomic mass is 9.76. The van der Waals surface area contributed by atoms with Gasteiger partial charge in [-0.2, -0.15) is 5.26 Å². The standard InChI is InChI=1S/C21H19N3O5/c1-20-9-14(26)21(29-20,6-8-25)16-15(20)18(27)24(19(16)28)13-5-4-11(10-22)17-12(13)3-2-7-23-17/h2-5,7,14,25-28H,6,8-9H2,1H3/t14-,20?,21-/m0/s1. The number of aromatic nitrogens is 2. The van der Waals surface area contributed by atoms with E-state index in [1.54, 1.807) is 37.4 Å². The molecule has 8 heteroatoms. The van der Waals surface area contributed by atoms with Gasteiger partial charge in [0.25, 0.3) is 0 Å². The fourth-order valence-corrected chi connectivity index (χ4v) is 5.05. The van der Waals surface area contributed by atoms with Crippen LogP contribution >= 0.6 is 0 Å². The van der Waals surface area contributed by atoms with Crippen molar-refractivity contribution in [3.05, 3.63) is 47.2 Å². The van der Waals surface area contributed by atoms with E-state index in [1.807, 2.05) is 0 Å². The number of pyridine rings is 1. The smallest absolute Gasteiger partial charge is 0.205 e. The molecule has 2 aromatic heterocycles. The lowest BCUT2D eigenvalue weighted by molar-refractivity contribution is -0.116. The molecule has 0 amide bonds. The molecular formula is C21H19N3O5.